The van der Waals surface area contributed by atoms with Crippen molar-refractivity contribution in [3.63, 3.8) is 0 Å². The van der Waals surface area contributed by atoms with Gasteiger partial charge in [-0.2, -0.15) is 5.10 Å². The highest BCUT2D eigenvalue weighted by molar-refractivity contribution is 5.94. The Bertz CT molecular complexity index is 1020. The molecule has 1 aromatic heterocycles. The number of hydrazone groups is 1. The van der Waals surface area contributed by atoms with Gasteiger partial charge in [0.25, 0.3) is 5.91 Å². The van der Waals surface area contributed by atoms with Crippen LogP contribution in [0.2, 0.25) is 0 Å². The summed E-state index contributed by atoms with van der Waals surface area (Å²) in [7, 11) is 0. The zero-order valence-electron chi connectivity index (χ0n) is 18.5. The van der Waals surface area contributed by atoms with Crippen LogP contribution in [0.4, 0.5) is 0 Å². The predicted octanol–water partition coefficient (Wildman–Crippen LogP) is 5.21. The molecule has 32 heavy (non-hydrogen) atoms. The smallest absolute Gasteiger partial charge is 0.271 e. The van der Waals surface area contributed by atoms with Gasteiger partial charge in [0.15, 0.2) is 0 Å². The second-order valence-electron chi connectivity index (χ2n) is 7.37. The van der Waals surface area contributed by atoms with Gasteiger partial charge in [-0.15, -0.1) is 0 Å². The SMILES string of the molecule is CC[C@H](C)c1ccccc1OCCCOc1ccccc1/C=N\NC(=O)c1ccncc1. The van der Waals surface area contributed by atoms with Gasteiger partial charge in [-0.1, -0.05) is 44.2 Å². The van der Waals surface area contributed by atoms with Crippen molar-refractivity contribution in [1.29, 1.82) is 0 Å². The maximum Gasteiger partial charge on any atom is 0.271 e. The zero-order chi connectivity index (χ0) is 22.6. The molecule has 1 atom stereocenters. The Morgan fingerprint density at radius 3 is 2.41 bits per heavy atom. The molecule has 0 spiro atoms. The molecular weight excluding hydrogens is 402 g/mol. The van der Waals surface area contributed by atoms with Gasteiger partial charge in [0, 0.05) is 29.9 Å². The first kappa shape index (κ1) is 23.0. The lowest BCUT2D eigenvalue weighted by atomic mass is 9.98. The van der Waals surface area contributed by atoms with E-state index in [2.05, 4.69) is 41.5 Å². The summed E-state index contributed by atoms with van der Waals surface area (Å²) in [5.41, 5.74) is 5.04. The number of nitrogens with zero attached hydrogens (tertiary/aromatic N) is 2. The van der Waals surface area contributed by atoms with Gasteiger partial charge in [-0.05, 0) is 48.2 Å². The second-order valence-corrected chi connectivity index (χ2v) is 7.37. The highest BCUT2D eigenvalue weighted by Gasteiger charge is 2.09. The molecule has 0 aliphatic carbocycles. The van der Waals surface area contributed by atoms with E-state index in [9.17, 15) is 4.79 Å². The van der Waals surface area contributed by atoms with Gasteiger partial charge in [-0.25, -0.2) is 5.43 Å². The van der Waals surface area contributed by atoms with E-state index in [0.29, 0.717) is 30.4 Å². The molecule has 6 heteroatoms. The van der Waals surface area contributed by atoms with Crippen molar-refractivity contribution < 1.29 is 14.3 Å². The average Bonchev–Trinajstić information content (AvgIpc) is 2.85. The molecule has 3 aromatic rings. The highest BCUT2D eigenvalue weighted by atomic mass is 16.5. The summed E-state index contributed by atoms with van der Waals surface area (Å²) in [5.74, 6) is 1.82. The fourth-order valence-corrected chi connectivity index (χ4v) is 3.11. The van der Waals surface area contributed by atoms with Gasteiger partial charge >= 0.3 is 0 Å². The summed E-state index contributed by atoms with van der Waals surface area (Å²) in [5, 5.41) is 4.05. The summed E-state index contributed by atoms with van der Waals surface area (Å²) < 4.78 is 11.9. The number of hydrogen-bond donors (Lipinski definition) is 1. The van der Waals surface area contributed by atoms with E-state index in [-0.39, 0.29) is 5.91 Å². The summed E-state index contributed by atoms with van der Waals surface area (Å²) in [6, 6.07) is 19.0. The molecular formula is C26H29N3O3. The van der Waals surface area contributed by atoms with Crippen LogP contribution in [0.15, 0.2) is 78.2 Å². The molecule has 0 aliphatic heterocycles. The van der Waals surface area contributed by atoms with Crippen LogP contribution in [0.3, 0.4) is 0 Å². The molecule has 1 N–H and O–H groups in total. The van der Waals surface area contributed by atoms with E-state index in [1.54, 1.807) is 30.7 Å². The number of rotatable bonds is 11. The van der Waals surface area contributed by atoms with Gasteiger partial charge in [0.2, 0.25) is 0 Å². The molecule has 0 aliphatic rings. The number of para-hydroxylation sites is 2. The second kappa shape index (κ2) is 12.2. The predicted molar refractivity (Wildman–Crippen MR) is 126 cm³/mol. The van der Waals surface area contributed by atoms with E-state index in [1.165, 1.54) is 5.56 Å². The number of nitrogens with one attached hydrogen (secondary N) is 1. The van der Waals surface area contributed by atoms with E-state index in [4.69, 9.17) is 9.47 Å². The fourth-order valence-electron chi connectivity index (χ4n) is 3.11. The number of aromatic nitrogens is 1. The number of pyridine rings is 1. The lowest BCUT2D eigenvalue weighted by Crippen LogP contribution is -2.17. The summed E-state index contributed by atoms with van der Waals surface area (Å²) >= 11 is 0. The van der Waals surface area contributed by atoms with Crippen molar-refractivity contribution in [2.45, 2.75) is 32.6 Å². The molecule has 0 saturated carbocycles. The number of ether oxygens (including phenoxy) is 2. The highest BCUT2D eigenvalue weighted by Crippen LogP contribution is 2.28. The third-order valence-electron chi connectivity index (χ3n) is 5.10. The van der Waals surface area contributed by atoms with E-state index in [1.807, 2.05) is 36.4 Å². The van der Waals surface area contributed by atoms with Gasteiger partial charge in [0.1, 0.15) is 11.5 Å². The van der Waals surface area contributed by atoms with Crippen molar-refractivity contribution in [2.24, 2.45) is 5.10 Å². The lowest BCUT2D eigenvalue weighted by molar-refractivity contribution is 0.0955. The molecule has 0 saturated heterocycles. The lowest BCUT2D eigenvalue weighted by Gasteiger charge is -2.16. The van der Waals surface area contributed by atoms with Crippen molar-refractivity contribution in [1.82, 2.24) is 10.4 Å². The topological polar surface area (TPSA) is 72.8 Å². The van der Waals surface area contributed by atoms with Crippen LogP contribution < -0.4 is 14.9 Å². The maximum atomic E-state index is 12.1. The van der Waals surface area contributed by atoms with Crippen LogP contribution in [0, 0.1) is 0 Å². The summed E-state index contributed by atoms with van der Waals surface area (Å²) in [4.78, 5) is 16.0. The van der Waals surface area contributed by atoms with Crippen LogP contribution in [-0.2, 0) is 0 Å². The number of carbonyl (C=O) groups excluding carboxylic acids is 1. The first-order valence-corrected chi connectivity index (χ1v) is 10.9. The standard InChI is InChI=1S/C26H29N3O3/c1-3-20(2)23-10-5-7-12-25(23)32-18-8-17-31-24-11-6-4-9-22(24)19-28-29-26(30)21-13-15-27-16-14-21/h4-7,9-16,19-20H,3,8,17-18H2,1-2H3,(H,29,30)/b28-19-/t20-/m0/s1. The monoisotopic (exact) mass is 431 g/mol. The van der Waals surface area contributed by atoms with E-state index < -0.39 is 0 Å². The minimum atomic E-state index is -0.295. The molecule has 0 unspecified atom stereocenters. The Balaban J connectivity index is 1.48. The minimum Gasteiger partial charge on any atom is -0.493 e. The molecule has 2 aromatic carbocycles. The zero-order valence-corrected chi connectivity index (χ0v) is 18.5. The van der Waals surface area contributed by atoms with Crippen molar-refractivity contribution >= 4 is 12.1 Å². The fraction of sp³-hybridized carbons (Fsp3) is 0.269. The van der Waals surface area contributed by atoms with Crippen LogP contribution in [-0.4, -0.2) is 30.3 Å². The quantitative estimate of drug-likeness (QED) is 0.257. The minimum absolute atomic E-state index is 0.295. The van der Waals surface area contributed by atoms with Crippen LogP contribution in [0.25, 0.3) is 0 Å². The average molecular weight is 432 g/mol. The summed E-state index contributed by atoms with van der Waals surface area (Å²) in [6.45, 7) is 5.48. The number of benzene rings is 2. The summed E-state index contributed by atoms with van der Waals surface area (Å²) in [6.07, 6.45) is 6.53. The van der Waals surface area contributed by atoms with E-state index >= 15 is 0 Å². The number of carbonyl (C=O) groups is 1. The molecule has 0 radical (unpaired) electrons. The Hall–Kier alpha value is -3.67. The largest absolute Gasteiger partial charge is 0.493 e. The molecule has 0 bridgehead atoms. The number of amides is 1. The molecule has 6 nitrogen and oxygen atoms in total. The van der Waals surface area contributed by atoms with Crippen molar-refractivity contribution in [2.75, 3.05) is 13.2 Å². The Labute approximate surface area is 189 Å². The Kier molecular flexibility index (Phi) is 8.80. The van der Waals surface area contributed by atoms with Gasteiger partial charge < -0.3 is 9.47 Å². The van der Waals surface area contributed by atoms with Crippen molar-refractivity contribution in [3.8, 4) is 11.5 Å². The maximum absolute atomic E-state index is 12.1. The first-order valence-electron chi connectivity index (χ1n) is 10.9. The van der Waals surface area contributed by atoms with Gasteiger partial charge in [0.05, 0.1) is 19.4 Å². The number of hydrogen-bond acceptors (Lipinski definition) is 5. The molecule has 3 rings (SSSR count). The van der Waals surface area contributed by atoms with Crippen LogP contribution in [0.1, 0.15) is 54.1 Å². The molecule has 0 fully saturated rings. The van der Waals surface area contributed by atoms with Crippen molar-refractivity contribution in [3.05, 3.63) is 89.7 Å². The Morgan fingerprint density at radius 2 is 1.66 bits per heavy atom. The van der Waals surface area contributed by atoms with E-state index in [0.717, 1.165) is 24.2 Å². The molecule has 166 valence electrons. The van der Waals surface area contributed by atoms with Gasteiger partial charge in [-0.3, -0.25) is 9.78 Å². The Morgan fingerprint density at radius 1 is 1.00 bits per heavy atom. The van der Waals surface area contributed by atoms with Crippen LogP contribution in [0.5, 0.6) is 11.5 Å². The molecule has 1 amide bonds. The molecule has 1 heterocycles. The van der Waals surface area contributed by atoms with Crippen LogP contribution >= 0.6 is 0 Å². The normalized spacial score (nSPS) is 11.8. The first-order chi connectivity index (χ1) is 15.7. The third-order valence-corrected chi connectivity index (χ3v) is 5.10. The third kappa shape index (κ3) is 6.67.